The van der Waals surface area contributed by atoms with Crippen LogP contribution in [0.3, 0.4) is 0 Å². The van der Waals surface area contributed by atoms with E-state index in [4.69, 9.17) is 15.7 Å². The van der Waals surface area contributed by atoms with Crippen molar-refractivity contribution in [3.8, 4) is 0 Å². The first-order valence-corrected chi connectivity index (χ1v) is 6.99. The van der Waals surface area contributed by atoms with Crippen molar-refractivity contribution in [2.45, 2.75) is 6.42 Å². The molecule has 0 spiro atoms. The lowest BCUT2D eigenvalue weighted by molar-refractivity contribution is 0.152. The lowest BCUT2D eigenvalue weighted by Gasteiger charge is -2.26. The van der Waals surface area contributed by atoms with Crippen LogP contribution in [0.5, 0.6) is 0 Å². The lowest BCUT2D eigenvalue weighted by Crippen LogP contribution is -2.29. The zero-order valence-corrected chi connectivity index (χ0v) is 11.7. The smallest absolute Gasteiger partial charge is 0.173 e. The number of para-hydroxylation sites is 1. The minimum Gasteiger partial charge on any atom is -0.409 e. The molecular formula is C15H18N4O2. The highest BCUT2D eigenvalue weighted by Gasteiger charge is 2.19. The van der Waals surface area contributed by atoms with E-state index in [1.165, 1.54) is 0 Å². The average molecular weight is 286 g/mol. The van der Waals surface area contributed by atoms with Gasteiger partial charge in [-0.05, 0) is 12.5 Å². The summed E-state index contributed by atoms with van der Waals surface area (Å²) < 4.78 is 5.52. The van der Waals surface area contributed by atoms with Gasteiger partial charge in [-0.1, -0.05) is 23.4 Å². The third-order valence-electron chi connectivity index (χ3n) is 3.67. The van der Waals surface area contributed by atoms with Crippen LogP contribution in [0.15, 0.2) is 35.6 Å². The van der Waals surface area contributed by atoms with Gasteiger partial charge in [0.05, 0.1) is 23.4 Å². The fraction of sp³-hybridized carbons (Fsp3) is 0.333. The fourth-order valence-electron chi connectivity index (χ4n) is 2.68. The van der Waals surface area contributed by atoms with Gasteiger partial charge in [0.2, 0.25) is 0 Å². The number of nitrogens with zero attached hydrogens (tertiary/aromatic N) is 3. The Morgan fingerprint density at radius 3 is 3.00 bits per heavy atom. The van der Waals surface area contributed by atoms with Crippen LogP contribution in [0.1, 0.15) is 12.0 Å². The molecule has 2 heterocycles. The molecule has 110 valence electrons. The molecule has 1 saturated heterocycles. The molecular weight excluding hydrogens is 268 g/mol. The molecule has 0 unspecified atom stereocenters. The number of ether oxygens (including phenoxy) is 1. The van der Waals surface area contributed by atoms with Gasteiger partial charge in [0, 0.05) is 31.3 Å². The molecule has 1 aliphatic heterocycles. The first-order chi connectivity index (χ1) is 10.3. The second-order valence-corrected chi connectivity index (χ2v) is 4.98. The summed E-state index contributed by atoms with van der Waals surface area (Å²) in [7, 11) is 0. The summed E-state index contributed by atoms with van der Waals surface area (Å²) in [4.78, 5) is 6.63. The van der Waals surface area contributed by atoms with Crippen LogP contribution >= 0.6 is 0 Å². The van der Waals surface area contributed by atoms with Crippen molar-refractivity contribution < 1.29 is 9.94 Å². The summed E-state index contributed by atoms with van der Waals surface area (Å²) in [6.07, 6.45) is 2.62. The number of hydrogen-bond donors (Lipinski definition) is 2. The van der Waals surface area contributed by atoms with E-state index in [1.807, 2.05) is 24.3 Å². The Bertz CT molecular complexity index is 664. The summed E-state index contributed by atoms with van der Waals surface area (Å²) in [6, 6.07) is 7.90. The van der Waals surface area contributed by atoms with Crippen molar-refractivity contribution in [1.29, 1.82) is 0 Å². The number of hydrogen-bond acceptors (Lipinski definition) is 5. The molecule has 0 bridgehead atoms. The van der Waals surface area contributed by atoms with Gasteiger partial charge in [0.1, 0.15) is 0 Å². The van der Waals surface area contributed by atoms with Crippen LogP contribution in [0, 0.1) is 0 Å². The second-order valence-electron chi connectivity index (χ2n) is 4.98. The van der Waals surface area contributed by atoms with Crippen LogP contribution in [0.25, 0.3) is 10.9 Å². The minimum absolute atomic E-state index is 0.0772. The van der Waals surface area contributed by atoms with Crippen molar-refractivity contribution in [2.75, 3.05) is 31.2 Å². The van der Waals surface area contributed by atoms with E-state index >= 15 is 0 Å². The van der Waals surface area contributed by atoms with Gasteiger partial charge in [0.15, 0.2) is 5.84 Å². The van der Waals surface area contributed by atoms with Crippen molar-refractivity contribution in [3.05, 3.63) is 36.0 Å². The Balaban J connectivity index is 2.19. The fourth-order valence-corrected chi connectivity index (χ4v) is 2.68. The largest absolute Gasteiger partial charge is 0.409 e. The highest BCUT2D eigenvalue weighted by atomic mass is 16.5. The van der Waals surface area contributed by atoms with Crippen molar-refractivity contribution in [2.24, 2.45) is 10.9 Å². The van der Waals surface area contributed by atoms with Crippen LogP contribution < -0.4 is 10.6 Å². The van der Waals surface area contributed by atoms with Gasteiger partial charge in [-0.2, -0.15) is 0 Å². The van der Waals surface area contributed by atoms with E-state index in [0.29, 0.717) is 12.2 Å². The molecule has 0 atom stereocenters. The number of benzene rings is 1. The molecule has 0 saturated carbocycles. The molecule has 0 aliphatic carbocycles. The maximum absolute atomic E-state index is 9.03. The number of anilines is 1. The first kappa shape index (κ1) is 13.6. The number of aromatic nitrogens is 1. The van der Waals surface area contributed by atoms with E-state index in [9.17, 15) is 0 Å². The average Bonchev–Trinajstić information content (AvgIpc) is 2.82. The minimum atomic E-state index is 0.0772. The number of fused-ring (bicyclic) bond motifs is 1. The third-order valence-corrected chi connectivity index (χ3v) is 3.67. The van der Waals surface area contributed by atoms with Crippen molar-refractivity contribution >= 4 is 22.4 Å². The monoisotopic (exact) mass is 286 g/mol. The Morgan fingerprint density at radius 2 is 2.14 bits per heavy atom. The SMILES string of the molecule is NC(=NO)c1cnc2ccccc2c1N1CCCOCC1. The molecule has 3 rings (SSSR count). The maximum atomic E-state index is 9.03. The Kier molecular flexibility index (Phi) is 3.87. The predicted molar refractivity (Wildman–Crippen MR) is 81.9 cm³/mol. The highest BCUT2D eigenvalue weighted by Crippen LogP contribution is 2.30. The number of amidine groups is 1. The molecule has 0 radical (unpaired) electrons. The van der Waals surface area contributed by atoms with Gasteiger partial charge >= 0.3 is 0 Å². The van der Waals surface area contributed by atoms with E-state index in [1.54, 1.807) is 6.20 Å². The third kappa shape index (κ3) is 2.62. The molecule has 6 heteroatoms. The Morgan fingerprint density at radius 1 is 1.29 bits per heavy atom. The molecule has 0 amide bonds. The Hall–Kier alpha value is -2.34. The maximum Gasteiger partial charge on any atom is 0.173 e. The molecule has 3 N–H and O–H groups in total. The van der Waals surface area contributed by atoms with Crippen LogP contribution in [0.2, 0.25) is 0 Å². The zero-order valence-electron chi connectivity index (χ0n) is 11.7. The molecule has 21 heavy (non-hydrogen) atoms. The molecule has 2 aromatic rings. The molecule has 1 aliphatic rings. The van der Waals surface area contributed by atoms with Gasteiger partial charge in [0.25, 0.3) is 0 Å². The van der Waals surface area contributed by atoms with Gasteiger partial charge in [-0.25, -0.2) is 0 Å². The van der Waals surface area contributed by atoms with E-state index in [0.717, 1.165) is 42.7 Å². The summed E-state index contributed by atoms with van der Waals surface area (Å²) in [6.45, 7) is 3.09. The van der Waals surface area contributed by atoms with Gasteiger partial charge in [-0.15, -0.1) is 0 Å². The number of rotatable bonds is 2. The summed E-state index contributed by atoms with van der Waals surface area (Å²) in [5.74, 6) is 0.0772. The molecule has 6 nitrogen and oxygen atoms in total. The standard InChI is InChI=1S/C15H18N4O2/c16-15(18-20)12-10-17-13-5-2-1-4-11(13)14(12)19-6-3-8-21-9-7-19/h1-2,4-5,10,20H,3,6-9H2,(H2,16,18). The van der Waals surface area contributed by atoms with E-state index in [2.05, 4.69) is 15.0 Å². The number of oxime groups is 1. The van der Waals surface area contributed by atoms with Crippen LogP contribution in [-0.4, -0.2) is 42.3 Å². The zero-order chi connectivity index (χ0) is 14.7. The van der Waals surface area contributed by atoms with Gasteiger partial charge < -0.3 is 20.6 Å². The van der Waals surface area contributed by atoms with Crippen molar-refractivity contribution in [1.82, 2.24) is 4.98 Å². The second kappa shape index (κ2) is 5.97. The van der Waals surface area contributed by atoms with E-state index in [-0.39, 0.29) is 5.84 Å². The highest BCUT2D eigenvalue weighted by molar-refractivity contribution is 6.08. The van der Waals surface area contributed by atoms with Crippen molar-refractivity contribution in [3.63, 3.8) is 0 Å². The quantitative estimate of drug-likeness (QED) is 0.379. The first-order valence-electron chi connectivity index (χ1n) is 6.99. The molecule has 1 fully saturated rings. The van der Waals surface area contributed by atoms with Crippen LogP contribution in [-0.2, 0) is 4.74 Å². The summed E-state index contributed by atoms with van der Waals surface area (Å²) in [5, 5.41) is 13.2. The topological polar surface area (TPSA) is 84.0 Å². The summed E-state index contributed by atoms with van der Waals surface area (Å²) >= 11 is 0. The Labute approximate surface area is 122 Å². The van der Waals surface area contributed by atoms with Crippen LogP contribution in [0.4, 0.5) is 5.69 Å². The van der Waals surface area contributed by atoms with E-state index < -0.39 is 0 Å². The molecule has 1 aromatic carbocycles. The molecule has 1 aromatic heterocycles. The van der Waals surface area contributed by atoms with Gasteiger partial charge in [-0.3, -0.25) is 4.98 Å². The normalized spacial score (nSPS) is 17.0. The number of nitrogens with two attached hydrogens (primary N) is 1. The summed E-state index contributed by atoms with van der Waals surface area (Å²) in [5.41, 5.74) is 8.34. The number of pyridine rings is 1. The predicted octanol–water partition coefficient (Wildman–Crippen LogP) is 1.56. The lowest BCUT2D eigenvalue weighted by atomic mass is 10.1.